The highest BCUT2D eigenvalue weighted by atomic mass is 16.5. The molecule has 0 aromatic heterocycles. The standard InChI is InChI=1S/C25H27NO4/c1-26-9-8-24-19-14-6-7-17(27)20(19)30-22(24)21(28)23(13-25(24,29)18(26)10-14)11-15-4-2-3-5-16(15)12-23/h2-7,18,21-22,27-29H,8-13H2,1H3/t18-,21-,22+,24+,25-/m1/s1. The highest BCUT2D eigenvalue weighted by Gasteiger charge is 2.76. The number of aliphatic hydroxyl groups is 2. The summed E-state index contributed by atoms with van der Waals surface area (Å²) in [6.07, 6.45) is 2.30. The molecule has 156 valence electrons. The second-order valence-corrected chi connectivity index (χ2v) is 10.4. The Balaban J connectivity index is 1.47. The number of aromatic hydroxyl groups is 1. The zero-order valence-electron chi connectivity index (χ0n) is 17.1. The zero-order chi connectivity index (χ0) is 20.5. The Hall–Kier alpha value is -2.08. The molecule has 5 heteroatoms. The van der Waals surface area contributed by atoms with Crippen molar-refractivity contribution >= 4 is 0 Å². The molecule has 2 aromatic carbocycles. The number of phenolic OH excluding ortho intramolecular Hbond substituents is 1. The summed E-state index contributed by atoms with van der Waals surface area (Å²) >= 11 is 0. The van der Waals surface area contributed by atoms with Crippen LogP contribution in [0.4, 0.5) is 0 Å². The molecule has 2 bridgehead atoms. The van der Waals surface area contributed by atoms with Crippen LogP contribution in [-0.4, -0.2) is 57.7 Å². The predicted octanol–water partition coefficient (Wildman–Crippen LogP) is 1.93. The molecular formula is C25H27NO4. The number of benzene rings is 2. The second-order valence-electron chi connectivity index (χ2n) is 10.4. The first-order valence-electron chi connectivity index (χ1n) is 11.1. The van der Waals surface area contributed by atoms with Crippen LogP contribution < -0.4 is 4.74 Å². The van der Waals surface area contributed by atoms with E-state index in [0.29, 0.717) is 12.2 Å². The van der Waals surface area contributed by atoms with Crippen LogP contribution in [0, 0.1) is 5.41 Å². The maximum atomic E-state index is 12.6. The fraction of sp³-hybridized carbons (Fsp3) is 0.520. The number of phenols is 1. The Morgan fingerprint density at radius 1 is 1.07 bits per heavy atom. The third-order valence-electron chi connectivity index (χ3n) is 9.27. The minimum absolute atomic E-state index is 0.0200. The molecule has 2 fully saturated rings. The molecule has 5 atom stereocenters. The molecule has 2 aliphatic heterocycles. The van der Waals surface area contributed by atoms with E-state index in [0.717, 1.165) is 43.4 Å². The van der Waals surface area contributed by atoms with Crippen LogP contribution in [0.1, 0.15) is 35.1 Å². The van der Waals surface area contributed by atoms with E-state index in [1.54, 1.807) is 6.07 Å². The predicted molar refractivity (Wildman–Crippen MR) is 111 cm³/mol. The van der Waals surface area contributed by atoms with Crippen molar-refractivity contribution in [2.75, 3.05) is 13.6 Å². The molecule has 30 heavy (non-hydrogen) atoms. The molecule has 2 aromatic rings. The maximum absolute atomic E-state index is 12.6. The first-order chi connectivity index (χ1) is 14.4. The van der Waals surface area contributed by atoms with E-state index in [2.05, 4.69) is 36.2 Å². The molecule has 1 saturated heterocycles. The third kappa shape index (κ3) is 1.71. The lowest BCUT2D eigenvalue weighted by Gasteiger charge is -2.66. The summed E-state index contributed by atoms with van der Waals surface area (Å²) in [4.78, 5) is 2.30. The fourth-order valence-electron chi connectivity index (χ4n) is 8.04. The summed E-state index contributed by atoms with van der Waals surface area (Å²) in [6.45, 7) is 0.849. The molecule has 5 aliphatic rings. The Labute approximate surface area is 175 Å². The monoisotopic (exact) mass is 405 g/mol. The van der Waals surface area contributed by atoms with Gasteiger partial charge in [0.2, 0.25) is 0 Å². The second kappa shape index (κ2) is 5.21. The van der Waals surface area contributed by atoms with Crippen LogP contribution in [0.2, 0.25) is 0 Å². The summed E-state index contributed by atoms with van der Waals surface area (Å²) < 4.78 is 6.43. The van der Waals surface area contributed by atoms with Crippen molar-refractivity contribution in [3.05, 3.63) is 58.7 Å². The van der Waals surface area contributed by atoms with Gasteiger partial charge in [-0.2, -0.15) is 0 Å². The van der Waals surface area contributed by atoms with Crippen LogP contribution >= 0.6 is 0 Å². The van der Waals surface area contributed by atoms with Crippen molar-refractivity contribution < 1.29 is 20.1 Å². The molecule has 0 radical (unpaired) electrons. The van der Waals surface area contributed by atoms with Gasteiger partial charge in [0.25, 0.3) is 0 Å². The quantitative estimate of drug-likeness (QED) is 0.625. The summed E-state index contributed by atoms with van der Waals surface area (Å²) in [5, 5.41) is 35.1. The lowest BCUT2D eigenvalue weighted by Crippen LogP contribution is -2.79. The normalized spacial score (nSPS) is 39.5. The smallest absolute Gasteiger partial charge is 0.165 e. The molecule has 3 aliphatic carbocycles. The van der Waals surface area contributed by atoms with E-state index in [4.69, 9.17) is 4.74 Å². The molecule has 2 heterocycles. The third-order valence-corrected chi connectivity index (χ3v) is 9.27. The topological polar surface area (TPSA) is 73.2 Å². The lowest BCUT2D eigenvalue weighted by molar-refractivity contribution is -0.243. The molecule has 1 saturated carbocycles. The summed E-state index contributed by atoms with van der Waals surface area (Å²) in [5.74, 6) is 0.610. The molecule has 5 nitrogen and oxygen atoms in total. The van der Waals surface area contributed by atoms with Crippen LogP contribution in [-0.2, 0) is 24.7 Å². The molecular weight excluding hydrogens is 378 g/mol. The van der Waals surface area contributed by atoms with Gasteiger partial charge in [-0.15, -0.1) is 0 Å². The molecule has 0 unspecified atom stereocenters. The van der Waals surface area contributed by atoms with Gasteiger partial charge in [0.15, 0.2) is 11.5 Å². The molecule has 0 amide bonds. The van der Waals surface area contributed by atoms with Gasteiger partial charge in [0.1, 0.15) is 6.10 Å². The van der Waals surface area contributed by atoms with Crippen molar-refractivity contribution in [3.8, 4) is 11.5 Å². The highest BCUT2D eigenvalue weighted by molar-refractivity contribution is 5.63. The molecule has 7 rings (SSSR count). The summed E-state index contributed by atoms with van der Waals surface area (Å²) in [7, 11) is 2.10. The van der Waals surface area contributed by atoms with Gasteiger partial charge in [0.05, 0.1) is 17.1 Å². The van der Waals surface area contributed by atoms with Crippen LogP contribution in [0.5, 0.6) is 11.5 Å². The van der Waals surface area contributed by atoms with Crippen LogP contribution in [0.3, 0.4) is 0 Å². The van der Waals surface area contributed by atoms with Gasteiger partial charge in [-0.3, -0.25) is 0 Å². The average molecular weight is 405 g/mol. The van der Waals surface area contributed by atoms with Crippen molar-refractivity contribution in [3.63, 3.8) is 0 Å². The number of likely N-dealkylation sites (tertiary alicyclic amines) is 1. The lowest BCUT2D eigenvalue weighted by atomic mass is 9.44. The van der Waals surface area contributed by atoms with E-state index in [9.17, 15) is 15.3 Å². The van der Waals surface area contributed by atoms with E-state index in [1.165, 1.54) is 11.1 Å². The SMILES string of the molecule is CN1CC[C@]23c4c5ccc(O)c4O[C@H]2[C@@H](O)C2(Cc4ccccc4C2)C[C@@]3(O)[C@H]1C5. The number of aliphatic hydroxyl groups excluding tert-OH is 1. The largest absolute Gasteiger partial charge is 0.504 e. The zero-order valence-corrected chi connectivity index (χ0v) is 17.1. The number of piperidine rings is 1. The van der Waals surface area contributed by atoms with E-state index < -0.39 is 28.6 Å². The van der Waals surface area contributed by atoms with Crippen molar-refractivity contribution in [2.45, 2.75) is 61.4 Å². The Morgan fingerprint density at radius 2 is 1.80 bits per heavy atom. The Bertz CT molecular complexity index is 1070. The maximum Gasteiger partial charge on any atom is 0.165 e. The van der Waals surface area contributed by atoms with Crippen molar-refractivity contribution in [1.29, 1.82) is 0 Å². The number of hydrogen-bond donors (Lipinski definition) is 3. The number of likely N-dealkylation sites (N-methyl/N-ethyl adjacent to an activating group) is 1. The highest BCUT2D eigenvalue weighted by Crippen LogP contribution is 2.69. The van der Waals surface area contributed by atoms with Crippen molar-refractivity contribution in [1.82, 2.24) is 4.90 Å². The number of fused-ring (bicyclic) bond motifs is 1. The minimum atomic E-state index is -1.00. The molecule has 3 N–H and O–H groups in total. The van der Waals surface area contributed by atoms with Gasteiger partial charge in [0, 0.05) is 17.0 Å². The van der Waals surface area contributed by atoms with E-state index >= 15 is 0 Å². The van der Waals surface area contributed by atoms with E-state index in [-0.39, 0.29) is 11.8 Å². The van der Waals surface area contributed by atoms with Gasteiger partial charge < -0.3 is 25.0 Å². The number of hydrogen-bond acceptors (Lipinski definition) is 5. The Morgan fingerprint density at radius 3 is 2.53 bits per heavy atom. The minimum Gasteiger partial charge on any atom is -0.504 e. The van der Waals surface area contributed by atoms with Gasteiger partial charge >= 0.3 is 0 Å². The molecule has 2 spiro atoms. The first-order valence-corrected chi connectivity index (χ1v) is 11.1. The van der Waals surface area contributed by atoms with Gasteiger partial charge in [-0.05, 0) is 68.5 Å². The van der Waals surface area contributed by atoms with Crippen LogP contribution in [0.25, 0.3) is 0 Å². The van der Waals surface area contributed by atoms with E-state index in [1.807, 2.05) is 6.07 Å². The summed E-state index contributed by atoms with van der Waals surface area (Å²) in [6, 6.07) is 12.1. The average Bonchev–Trinajstić information content (AvgIpc) is 3.26. The number of ether oxygens (including phenoxy) is 1. The fourth-order valence-corrected chi connectivity index (χ4v) is 8.04. The van der Waals surface area contributed by atoms with Crippen LogP contribution in [0.15, 0.2) is 36.4 Å². The number of nitrogens with zero attached hydrogens (tertiary/aromatic N) is 1. The summed E-state index contributed by atoms with van der Waals surface area (Å²) in [5.41, 5.74) is 2.53. The first kappa shape index (κ1) is 17.6. The Kier molecular flexibility index (Phi) is 3.05. The van der Waals surface area contributed by atoms with Crippen molar-refractivity contribution in [2.24, 2.45) is 5.41 Å². The van der Waals surface area contributed by atoms with Gasteiger partial charge in [-0.1, -0.05) is 30.3 Å². The number of rotatable bonds is 0. The van der Waals surface area contributed by atoms with Gasteiger partial charge in [-0.25, -0.2) is 0 Å².